The minimum Gasteiger partial charge on any atom is -0.465 e. The fraction of sp³-hybridized carbons (Fsp3) is 0.476. The number of carboxylic acid groups (broad SMARTS) is 1. The highest BCUT2D eigenvalue weighted by molar-refractivity contribution is 6.33. The van der Waals surface area contributed by atoms with Crippen LogP contribution >= 0.6 is 11.6 Å². The largest absolute Gasteiger partial charge is 0.465 e. The lowest BCUT2D eigenvalue weighted by atomic mass is 10.1. The van der Waals surface area contributed by atoms with E-state index in [1.807, 2.05) is 0 Å². The van der Waals surface area contributed by atoms with Gasteiger partial charge in [-0.15, -0.1) is 0 Å². The van der Waals surface area contributed by atoms with Gasteiger partial charge in [-0.1, -0.05) is 11.6 Å². The van der Waals surface area contributed by atoms with Crippen LogP contribution in [0, 0.1) is 6.92 Å². The van der Waals surface area contributed by atoms with Crippen LogP contribution in [0.4, 0.5) is 23.7 Å². The molecule has 2 atom stereocenters. The topological polar surface area (TPSA) is 96.7 Å². The van der Waals surface area contributed by atoms with Crippen molar-refractivity contribution in [1.82, 2.24) is 14.5 Å². The van der Waals surface area contributed by atoms with E-state index in [0.717, 1.165) is 12.1 Å². The van der Waals surface area contributed by atoms with Crippen molar-refractivity contribution >= 4 is 23.4 Å². The average Bonchev–Trinajstić information content (AvgIpc) is 3.13. The second-order valence-electron chi connectivity index (χ2n) is 7.57. The number of anilines is 1. The molecule has 0 spiro atoms. The van der Waals surface area contributed by atoms with Gasteiger partial charge in [-0.2, -0.15) is 13.2 Å². The number of nitrogens with one attached hydrogen (secondary N) is 1. The highest BCUT2D eigenvalue weighted by atomic mass is 35.5. The summed E-state index contributed by atoms with van der Waals surface area (Å²) in [6.45, 7) is 5.93. The van der Waals surface area contributed by atoms with Gasteiger partial charge < -0.3 is 20.1 Å². The number of hydrogen-bond donors (Lipinski definition) is 2. The number of hydrogen-bond acceptors (Lipinski definition) is 5. The summed E-state index contributed by atoms with van der Waals surface area (Å²) in [5.74, 6) is 0.143. The van der Waals surface area contributed by atoms with Crippen LogP contribution in [-0.2, 0) is 17.5 Å². The maximum Gasteiger partial charge on any atom is 0.416 e. The molecule has 0 radical (unpaired) electrons. The Morgan fingerprint density at radius 3 is 2.58 bits per heavy atom. The van der Waals surface area contributed by atoms with Gasteiger partial charge in [-0.05, 0) is 39.0 Å². The lowest BCUT2D eigenvalue weighted by molar-refractivity contribution is -0.137. The van der Waals surface area contributed by atoms with Gasteiger partial charge in [0.25, 0.3) is 5.56 Å². The van der Waals surface area contributed by atoms with Crippen LogP contribution in [0.2, 0.25) is 5.02 Å². The van der Waals surface area contributed by atoms with Crippen molar-refractivity contribution in [1.29, 1.82) is 0 Å². The molecule has 2 heterocycles. The van der Waals surface area contributed by atoms with Gasteiger partial charge in [0.05, 0.1) is 35.0 Å². The first kappa shape index (κ1) is 24.8. The molecule has 1 aromatic heterocycles. The number of benzene rings is 1. The SMILES string of the molecule is CCO[C@H]1CN(C(=O)O)C[C@H]1Nc1c(C)nc(-c2ccc(C(F)(F)F)cc2Cl)n(CC)c1=O. The highest BCUT2D eigenvalue weighted by Crippen LogP contribution is 2.35. The number of ether oxygens (including phenoxy) is 1. The molecule has 0 bridgehead atoms. The Labute approximate surface area is 192 Å². The van der Waals surface area contributed by atoms with E-state index >= 15 is 0 Å². The Kier molecular flexibility index (Phi) is 7.23. The molecule has 1 amide bonds. The van der Waals surface area contributed by atoms with Crippen LogP contribution in [0.3, 0.4) is 0 Å². The maximum atomic E-state index is 13.3. The van der Waals surface area contributed by atoms with Crippen LogP contribution in [-0.4, -0.2) is 57.5 Å². The Hall–Kier alpha value is -2.79. The van der Waals surface area contributed by atoms with Gasteiger partial charge in [0.15, 0.2) is 0 Å². The van der Waals surface area contributed by atoms with Gasteiger partial charge in [0.2, 0.25) is 0 Å². The Balaban J connectivity index is 2.01. The molecule has 1 saturated heterocycles. The summed E-state index contributed by atoms with van der Waals surface area (Å²) in [6, 6.07) is 2.41. The third kappa shape index (κ3) is 5.09. The van der Waals surface area contributed by atoms with E-state index < -0.39 is 35.5 Å². The summed E-state index contributed by atoms with van der Waals surface area (Å²) in [5, 5.41) is 12.2. The van der Waals surface area contributed by atoms with E-state index in [2.05, 4.69) is 10.3 Å². The number of rotatable bonds is 6. The fourth-order valence-corrected chi connectivity index (χ4v) is 4.10. The monoisotopic (exact) mass is 488 g/mol. The molecule has 1 aliphatic heterocycles. The number of aryl methyl sites for hydroxylation is 1. The average molecular weight is 489 g/mol. The molecule has 2 aromatic rings. The number of amides is 1. The summed E-state index contributed by atoms with van der Waals surface area (Å²) in [7, 11) is 0. The molecule has 8 nitrogen and oxygen atoms in total. The number of aromatic nitrogens is 2. The zero-order valence-electron chi connectivity index (χ0n) is 18.2. The molecule has 33 heavy (non-hydrogen) atoms. The predicted octanol–water partition coefficient (Wildman–Crippen LogP) is 4.09. The van der Waals surface area contributed by atoms with Crippen molar-refractivity contribution in [3.8, 4) is 11.4 Å². The first-order chi connectivity index (χ1) is 15.5. The summed E-state index contributed by atoms with van der Waals surface area (Å²) in [6.07, 6.45) is -6.09. The number of alkyl halides is 3. The fourth-order valence-electron chi connectivity index (χ4n) is 3.84. The normalized spacial score (nSPS) is 18.6. The quantitative estimate of drug-likeness (QED) is 0.635. The summed E-state index contributed by atoms with van der Waals surface area (Å²) >= 11 is 6.13. The van der Waals surface area contributed by atoms with E-state index in [9.17, 15) is 27.9 Å². The summed E-state index contributed by atoms with van der Waals surface area (Å²) < 4.78 is 45.9. The van der Waals surface area contributed by atoms with Gasteiger partial charge >= 0.3 is 12.3 Å². The minimum absolute atomic E-state index is 0.123. The molecular formula is C21H24ClF3N4O4. The van der Waals surface area contributed by atoms with Crippen LogP contribution in [0.25, 0.3) is 11.4 Å². The first-order valence-electron chi connectivity index (χ1n) is 10.3. The molecule has 180 valence electrons. The zero-order chi connectivity index (χ0) is 24.5. The molecule has 1 aromatic carbocycles. The van der Waals surface area contributed by atoms with Gasteiger partial charge in [-0.25, -0.2) is 9.78 Å². The molecule has 12 heteroatoms. The van der Waals surface area contributed by atoms with Crippen molar-refractivity contribution in [2.24, 2.45) is 0 Å². The molecular weight excluding hydrogens is 465 g/mol. The third-order valence-corrected chi connectivity index (χ3v) is 5.76. The van der Waals surface area contributed by atoms with E-state index in [4.69, 9.17) is 16.3 Å². The second-order valence-corrected chi connectivity index (χ2v) is 7.98. The number of nitrogens with zero attached hydrogens (tertiary/aromatic N) is 3. The lowest BCUT2D eigenvalue weighted by Gasteiger charge is -2.22. The summed E-state index contributed by atoms with van der Waals surface area (Å²) in [4.78, 5) is 30.3. The maximum absolute atomic E-state index is 13.3. The van der Waals surface area contributed by atoms with Crippen LogP contribution in [0.15, 0.2) is 23.0 Å². The molecule has 2 N–H and O–H groups in total. The Morgan fingerprint density at radius 2 is 2.03 bits per heavy atom. The molecule has 3 rings (SSSR count). The second kappa shape index (κ2) is 9.60. The van der Waals surface area contributed by atoms with Crippen molar-refractivity contribution in [2.75, 3.05) is 25.0 Å². The molecule has 0 saturated carbocycles. The Bertz CT molecular complexity index is 1110. The van der Waals surface area contributed by atoms with Gasteiger partial charge in [0, 0.05) is 25.3 Å². The van der Waals surface area contributed by atoms with Gasteiger partial charge in [-0.3, -0.25) is 9.36 Å². The van der Waals surface area contributed by atoms with Gasteiger partial charge in [0.1, 0.15) is 11.5 Å². The molecule has 0 unspecified atom stereocenters. The lowest BCUT2D eigenvalue weighted by Crippen LogP contribution is -2.38. The van der Waals surface area contributed by atoms with E-state index in [0.29, 0.717) is 12.3 Å². The van der Waals surface area contributed by atoms with Crippen molar-refractivity contribution < 1.29 is 27.8 Å². The van der Waals surface area contributed by atoms with Crippen LogP contribution in [0.5, 0.6) is 0 Å². The van der Waals surface area contributed by atoms with Crippen LogP contribution < -0.4 is 10.9 Å². The third-order valence-electron chi connectivity index (χ3n) is 5.45. The van der Waals surface area contributed by atoms with Crippen molar-refractivity contribution in [3.63, 3.8) is 0 Å². The number of halogens is 4. The molecule has 0 aliphatic carbocycles. The van der Waals surface area contributed by atoms with Crippen molar-refractivity contribution in [2.45, 2.75) is 45.6 Å². The highest BCUT2D eigenvalue weighted by Gasteiger charge is 2.37. The zero-order valence-corrected chi connectivity index (χ0v) is 19.0. The van der Waals surface area contributed by atoms with Crippen LogP contribution in [0.1, 0.15) is 25.1 Å². The van der Waals surface area contributed by atoms with Crippen molar-refractivity contribution in [3.05, 3.63) is 44.8 Å². The number of carbonyl (C=O) groups is 1. The minimum atomic E-state index is -4.55. The van der Waals surface area contributed by atoms with E-state index in [1.54, 1.807) is 20.8 Å². The number of likely N-dealkylation sites (tertiary alicyclic amines) is 1. The summed E-state index contributed by atoms with van der Waals surface area (Å²) in [5.41, 5.74) is -0.670. The predicted molar refractivity (Wildman–Crippen MR) is 117 cm³/mol. The van der Waals surface area contributed by atoms with E-state index in [1.165, 1.54) is 15.5 Å². The van der Waals surface area contributed by atoms with E-state index in [-0.39, 0.29) is 41.7 Å². The Morgan fingerprint density at radius 1 is 1.33 bits per heavy atom. The smallest absolute Gasteiger partial charge is 0.416 e. The molecule has 1 aliphatic rings. The molecule has 1 fully saturated rings. The first-order valence-corrected chi connectivity index (χ1v) is 10.7. The standard InChI is InChI=1S/C21H24ClF3N4O4/c1-4-29-18(13-7-6-12(8-14(13)22)21(23,24)25)26-11(3)17(19(29)30)27-15-9-28(20(31)32)10-16(15)33-5-2/h6-8,15-16,27H,4-5,9-10H2,1-3H3,(H,31,32)/t15-,16+/m1/s1.